The number of carbonyl (C=O) groups excluding carboxylic acids is 1. The summed E-state index contributed by atoms with van der Waals surface area (Å²) < 4.78 is 15.0. The minimum Gasteiger partial charge on any atom is -0.325 e. The van der Waals surface area contributed by atoms with E-state index >= 15 is 0 Å². The van der Waals surface area contributed by atoms with E-state index in [2.05, 4.69) is 22.1 Å². The zero-order chi connectivity index (χ0) is 20.5. The van der Waals surface area contributed by atoms with Gasteiger partial charge in [0.25, 0.3) is 0 Å². The normalized spacial score (nSPS) is 10.7. The van der Waals surface area contributed by atoms with Gasteiger partial charge in [0.15, 0.2) is 5.16 Å². The maximum atomic E-state index is 13.0. The Hall–Kier alpha value is -2.58. The van der Waals surface area contributed by atoms with E-state index in [-0.39, 0.29) is 17.5 Å². The summed E-state index contributed by atoms with van der Waals surface area (Å²) in [6.45, 7) is 4.37. The molecule has 150 valence electrons. The summed E-state index contributed by atoms with van der Waals surface area (Å²) in [5.41, 5.74) is 1.82. The number of amides is 1. The van der Waals surface area contributed by atoms with Crippen LogP contribution >= 0.6 is 23.5 Å². The van der Waals surface area contributed by atoms with Gasteiger partial charge in [0, 0.05) is 18.0 Å². The number of aromatic nitrogens is 3. The quantitative estimate of drug-likeness (QED) is 0.372. The molecule has 0 spiro atoms. The minimum atomic E-state index is -0.234. The number of nitrogens with one attached hydrogen (secondary N) is 1. The van der Waals surface area contributed by atoms with E-state index in [1.54, 1.807) is 30.0 Å². The lowest BCUT2D eigenvalue weighted by Crippen LogP contribution is -2.14. The molecule has 0 aliphatic rings. The maximum absolute atomic E-state index is 13.0. The van der Waals surface area contributed by atoms with Crippen molar-refractivity contribution >= 4 is 35.1 Å². The first kappa shape index (κ1) is 21.1. The molecule has 3 aromatic rings. The van der Waals surface area contributed by atoms with Gasteiger partial charge in [0.2, 0.25) is 5.91 Å². The van der Waals surface area contributed by atoms with Crippen molar-refractivity contribution in [3.05, 3.63) is 84.5 Å². The molecule has 3 rings (SSSR count). The zero-order valence-corrected chi connectivity index (χ0v) is 17.4. The molecule has 8 heteroatoms. The van der Waals surface area contributed by atoms with Gasteiger partial charge < -0.3 is 9.88 Å². The van der Waals surface area contributed by atoms with Crippen molar-refractivity contribution in [3.8, 4) is 0 Å². The predicted molar refractivity (Wildman–Crippen MR) is 117 cm³/mol. The van der Waals surface area contributed by atoms with Gasteiger partial charge in [-0.2, -0.15) is 0 Å². The van der Waals surface area contributed by atoms with E-state index < -0.39 is 0 Å². The summed E-state index contributed by atoms with van der Waals surface area (Å²) >= 11 is 3.02. The average Bonchev–Trinajstić information content (AvgIpc) is 3.11. The Morgan fingerprint density at radius 2 is 1.86 bits per heavy atom. The van der Waals surface area contributed by atoms with Crippen molar-refractivity contribution in [3.63, 3.8) is 0 Å². The second-order valence-electron chi connectivity index (χ2n) is 6.12. The first-order valence-corrected chi connectivity index (χ1v) is 11.1. The predicted octanol–water partition coefficient (Wildman–Crippen LogP) is 4.77. The van der Waals surface area contributed by atoms with Crippen LogP contribution in [0.3, 0.4) is 0 Å². The first-order valence-electron chi connectivity index (χ1n) is 8.98. The lowest BCUT2D eigenvalue weighted by atomic mass is 10.2. The number of thioether (sulfide) groups is 2. The topological polar surface area (TPSA) is 59.8 Å². The molecule has 1 aromatic heterocycles. The zero-order valence-electron chi connectivity index (χ0n) is 15.8. The molecule has 0 aliphatic heterocycles. The fourth-order valence-corrected chi connectivity index (χ4v) is 4.23. The molecule has 0 atom stereocenters. The molecule has 5 nitrogen and oxygen atoms in total. The van der Waals surface area contributed by atoms with E-state index in [9.17, 15) is 9.18 Å². The van der Waals surface area contributed by atoms with E-state index in [0.717, 1.165) is 22.8 Å². The highest BCUT2D eigenvalue weighted by atomic mass is 32.2. The van der Waals surface area contributed by atoms with E-state index in [0.29, 0.717) is 17.5 Å². The van der Waals surface area contributed by atoms with Gasteiger partial charge in [-0.25, -0.2) is 4.39 Å². The molecule has 1 N–H and O–H groups in total. The third-order valence-corrected chi connectivity index (χ3v) is 5.87. The highest BCUT2D eigenvalue weighted by Crippen LogP contribution is 2.22. The van der Waals surface area contributed by atoms with Gasteiger partial charge in [0.05, 0.1) is 11.5 Å². The summed E-state index contributed by atoms with van der Waals surface area (Å²) in [6.07, 6.45) is 1.78. The minimum absolute atomic E-state index is 0.0958. The summed E-state index contributed by atoms with van der Waals surface area (Å²) in [7, 11) is 0. The molecule has 0 aliphatic carbocycles. The molecule has 0 saturated heterocycles. The maximum Gasteiger partial charge on any atom is 0.234 e. The highest BCUT2D eigenvalue weighted by molar-refractivity contribution is 7.99. The Bertz CT molecular complexity index is 945. The number of halogens is 1. The number of nitrogens with zero attached hydrogens (tertiary/aromatic N) is 3. The number of hydrogen-bond donors (Lipinski definition) is 1. The van der Waals surface area contributed by atoms with Crippen LogP contribution in [0.4, 0.5) is 10.1 Å². The highest BCUT2D eigenvalue weighted by Gasteiger charge is 2.14. The molecule has 0 bridgehead atoms. The molecular formula is C21H21FN4OS2. The van der Waals surface area contributed by atoms with Gasteiger partial charge >= 0.3 is 0 Å². The number of rotatable bonds is 10. The van der Waals surface area contributed by atoms with Gasteiger partial charge in [-0.3, -0.25) is 4.79 Å². The van der Waals surface area contributed by atoms with Gasteiger partial charge in [-0.15, -0.1) is 28.5 Å². The first-order chi connectivity index (χ1) is 14.2. The van der Waals surface area contributed by atoms with Crippen molar-refractivity contribution in [1.29, 1.82) is 0 Å². The van der Waals surface area contributed by atoms with Crippen molar-refractivity contribution in [1.82, 2.24) is 14.8 Å². The average molecular weight is 429 g/mol. The van der Waals surface area contributed by atoms with Crippen LogP contribution in [-0.2, 0) is 22.8 Å². The molecule has 0 radical (unpaired) electrons. The SMILES string of the molecule is C=CCn1c(CSCc2ccc(F)cc2)nnc1SCC(=O)Nc1ccccc1. The van der Waals surface area contributed by atoms with Crippen molar-refractivity contribution in [2.75, 3.05) is 11.1 Å². The third-order valence-electron chi connectivity index (χ3n) is 3.91. The number of carbonyl (C=O) groups is 1. The summed E-state index contributed by atoms with van der Waals surface area (Å²) in [5.74, 6) is 2.15. The Morgan fingerprint density at radius 1 is 1.10 bits per heavy atom. The van der Waals surface area contributed by atoms with Crippen molar-refractivity contribution in [2.45, 2.75) is 23.2 Å². The smallest absolute Gasteiger partial charge is 0.234 e. The molecule has 2 aromatic carbocycles. The Balaban J connectivity index is 1.55. The Morgan fingerprint density at radius 3 is 2.59 bits per heavy atom. The van der Waals surface area contributed by atoms with Crippen molar-refractivity contribution < 1.29 is 9.18 Å². The second kappa shape index (κ2) is 10.8. The van der Waals surface area contributed by atoms with Gasteiger partial charge in [-0.05, 0) is 29.8 Å². The number of para-hydroxylation sites is 1. The molecule has 0 fully saturated rings. The monoisotopic (exact) mass is 428 g/mol. The van der Waals surface area contributed by atoms with Crippen LogP contribution < -0.4 is 5.32 Å². The fraction of sp³-hybridized carbons (Fsp3) is 0.190. The molecule has 1 heterocycles. The standard InChI is InChI=1S/C21H21FN4OS2/c1-2-12-26-19(14-28-13-16-8-10-17(22)11-9-16)24-25-21(26)29-15-20(27)23-18-6-4-3-5-7-18/h2-11H,1,12-15H2,(H,23,27). The lowest BCUT2D eigenvalue weighted by Gasteiger charge is -2.08. The molecule has 1 amide bonds. The second-order valence-corrected chi connectivity index (χ2v) is 8.05. The number of allylic oxidation sites excluding steroid dienone is 1. The van der Waals surface area contributed by atoms with Crippen LogP contribution in [0.2, 0.25) is 0 Å². The van der Waals surface area contributed by atoms with Crippen LogP contribution in [0, 0.1) is 5.82 Å². The molecule has 0 saturated carbocycles. The Labute approximate surface area is 177 Å². The summed E-state index contributed by atoms with van der Waals surface area (Å²) in [6, 6.07) is 15.8. The summed E-state index contributed by atoms with van der Waals surface area (Å²) in [4.78, 5) is 12.2. The van der Waals surface area contributed by atoms with Crippen LogP contribution in [0.15, 0.2) is 72.4 Å². The van der Waals surface area contributed by atoms with Crippen LogP contribution in [0.25, 0.3) is 0 Å². The van der Waals surface area contributed by atoms with Crippen molar-refractivity contribution in [2.24, 2.45) is 0 Å². The van der Waals surface area contributed by atoms with E-state index in [4.69, 9.17) is 0 Å². The third kappa shape index (κ3) is 6.47. The van der Waals surface area contributed by atoms with Crippen LogP contribution in [0.5, 0.6) is 0 Å². The summed E-state index contributed by atoms with van der Waals surface area (Å²) in [5, 5.41) is 12.1. The number of hydrogen-bond acceptors (Lipinski definition) is 5. The lowest BCUT2D eigenvalue weighted by molar-refractivity contribution is -0.113. The molecular weight excluding hydrogens is 407 g/mol. The van der Waals surface area contributed by atoms with E-state index in [1.807, 2.05) is 34.9 Å². The molecule has 29 heavy (non-hydrogen) atoms. The number of anilines is 1. The number of benzene rings is 2. The van der Waals surface area contributed by atoms with Crippen LogP contribution in [-0.4, -0.2) is 26.4 Å². The van der Waals surface area contributed by atoms with E-state index in [1.165, 1.54) is 23.9 Å². The Kier molecular flexibility index (Phi) is 7.89. The van der Waals surface area contributed by atoms with Crippen LogP contribution in [0.1, 0.15) is 11.4 Å². The van der Waals surface area contributed by atoms with Gasteiger partial charge in [0.1, 0.15) is 11.6 Å². The van der Waals surface area contributed by atoms with Gasteiger partial charge in [-0.1, -0.05) is 48.2 Å². The molecule has 0 unspecified atom stereocenters. The largest absolute Gasteiger partial charge is 0.325 e. The fourth-order valence-electron chi connectivity index (χ4n) is 2.53.